The van der Waals surface area contributed by atoms with E-state index in [4.69, 9.17) is 19.8 Å². The molecule has 4 nitrogen and oxygen atoms in total. The molecule has 0 bridgehead atoms. The van der Waals surface area contributed by atoms with Gasteiger partial charge in [-0.15, -0.1) is 0 Å². The molecule has 0 saturated heterocycles. The quantitative estimate of drug-likeness (QED) is 0.589. The van der Waals surface area contributed by atoms with Crippen LogP contribution in [0.25, 0.3) is 0 Å². The summed E-state index contributed by atoms with van der Waals surface area (Å²) in [6, 6.07) is 0. The zero-order valence-electron chi connectivity index (χ0n) is 5.34. The summed E-state index contributed by atoms with van der Waals surface area (Å²) in [4.78, 5) is 18.0. The maximum absolute atomic E-state index is 9.00. The van der Waals surface area contributed by atoms with Crippen LogP contribution in [0.4, 0.5) is 0 Å². The van der Waals surface area contributed by atoms with Crippen molar-refractivity contribution < 1.29 is 52.8 Å². The van der Waals surface area contributed by atoms with Crippen molar-refractivity contribution in [2.24, 2.45) is 0 Å². The summed E-state index contributed by atoms with van der Waals surface area (Å²) in [6.07, 6.45) is 0. The molecule has 0 saturated carbocycles. The molecule has 0 aliphatic rings. The Bertz CT molecular complexity index is 73.3. The van der Waals surface area contributed by atoms with Crippen LogP contribution >= 0.6 is 0 Å². The van der Waals surface area contributed by atoms with Gasteiger partial charge in [0.05, 0.1) is 0 Å². The van der Waals surface area contributed by atoms with Gasteiger partial charge in [-0.1, -0.05) is 0 Å². The van der Waals surface area contributed by atoms with Crippen molar-refractivity contribution in [3.63, 3.8) is 0 Å². The molecule has 0 heterocycles. The molecule has 68 valence electrons. The zero-order chi connectivity index (χ0) is 7.15. The van der Waals surface area contributed by atoms with Crippen LogP contribution < -0.4 is 0 Å². The monoisotopic (exact) mass is 236 g/mol. The summed E-state index contributed by atoms with van der Waals surface area (Å²) in [5.41, 5.74) is 0. The van der Waals surface area contributed by atoms with E-state index in [0.29, 0.717) is 0 Å². The van der Waals surface area contributed by atoms with Crippen LogP contribution in [-0.2, 0) is 42.6 Å². The normalized spacial score (nSPS) is 5.00. The molecule has 0 aromatic heterocycles. The van der Waals surface area contributed by atoms with Gasteiger partial charge >= 0.3 is 0 Å². The number of aliphatic carboxylic acids is 2. The SMILES string of the molecule is CC(=O)O.CC(=O)O.[Ni].[Ni]. The minimum absolute atomic E-state index is 0. The van der Waals surface area contributed by atoms with Crippen LogP contribution in [0.15, 0.2) is 0 Å². The minimum atomic E-state index is -0.833. The van der Waals surface area contributed by atoms with E-state index in [1.165, 1.54) is 0 Å². The molecular formula is C4H8Ni2O4. The van der Waals surface area contributed by atoms with Crippen molar-refractivity contribution >= 4 is 11.9 Å². The van der Waals surface area contributed by atoms with Gasteiger partial charge in [0.2, 0.25) is 0 Å². The molecule has 0 rings (SSSR count). The largest absolute Gasteiger partial charge is 0.481 e. The fourth-order valence-electron chi connectivity index (χ4n) is 0. The van der Waals surface area contributed by atoms with Crippen molar-refractivity contribution in [1.82, 2.24) is 0 Å². The third-order valence-electron chi connectivity index (χ3n) is 0. The summed E-state index contributed by atoms with van der Waals surface area (Å²) in [6.45, 7) is 2.17. The Balaban J connectivity index is -0.0000000300. The molecule has 2 N–H and O–H groups in total. The van der Waals surface area contributed by atoms with Crippen LogP contribution in [0, 0.1) is 0 Å². The summed E-state index contributed by atoms with van der Waals surface area (Å²) in [7, 11) is 0. The van der Waals surface area contributed by atoms with Crippen molar-refractivity contribution in [3.05, 3.63) is 0 Å². The molecule has 0 radical (unpaired) electrons. The first kappa shape index (κ1) is 22.5. The fourth-order valence-corrected chi connectivity index (χ4v) is 0. The van der Waals surface area contributed by atoms with Gasteiger partial charge in [0.1, 0.15) is 0 Å². The maximum atomic E-state index is 9.00. The molecule has 0 amide bonds. The van der Waals surface area contributed by atoms with Crippen LogP contribution in [0.5, 0.6) is 0 Å². The van der Waals surface area contributed by atoms with Gasteiger partial charge in [0.25, 0.3) is 11.9 Å². The number of rotatable bonds is 0. The first-order chi connectivity index (χ1) is 3.46. The molecular weight excluding hydrogens is 229 g/mol. The van der Waals surface area contributed by atoms with E-state index in [9.17, 15) is 0 Å². The van der Waals surface area contributed by atoms with Crippen molar-refractivity contribution in [2.45, 2.75) is 13.8 Å². The predicted octanol–water partition coefficient (Wildman–Crippen LogP) is 0.177. The van der Waals surface area contributed by atoms with Crippen molar-refractivity contribution in [2.75, 3.05) is 0 Å². The average molecular weight is 237 g/mol. The molecule has 6 heteroatoms. The Labute approximate surface area is 78.8 Å². The van der Waals surface area contributed by atoms with Crippen molar-refractivity contribution in [1.29, 1.82) is 0 Å². The number of hydrogen-bond donors (Lipinski definition) is 2. The van der Waals surface area contributed by atoms with Gasteiger partial charge in [-0.05, 0) is 0 Å². The molecule has 0 spiro atoms. The van der Waals surface area contributed by atoms with Crippen molar-refractivity contribution in [3.8, 4) is 0 Å². The molecule has 0 unspecified atom stereocenters. The second kappa shape index (κ2) is 16.0. The number of carboxylic acids is 2. The third kappa shape index (κ3) is 71400. The molecule has 0 aliphatic carbocycles. The topological polar surface area (TPSA) is 74.6 Å². The third-order valence-corrected chi connectivity index (χ3v) is 0. The number of carboxylic acid groups (broad SMARTS) is 2. The van der Waals surface area contributed by atoms with Crippen LogP contribution in [-0.4, -0.2) is 22.2 Å². The summed E-state index contributed by atoms with van der Waals surface area (Å²) in [5.74, 6) is -1.67. The van der Waals surface area contributed by atoms with Crippen LogP contribution in [0.2, 0.25) is 0 Å². The molecule has 10 heavy (non-hydrogen) atoms. The Morgan fingerprint density at radius 1 is 0.900 bits per heavy atom. The smallest absolute Gasteiger partial charge is 0.300 e. The maximum Gasteiger partial charge on any atom is 0.300 e. The van der Waals surface area contributed by atoms with Gasteiger partial charge in [0, 0.05) is 46.8 Å². The first-order valence-corrected chi connectivity index (χ1v) is 1.86. The zero-order valence-corrected chi connectivity index (χ0v) is 7.32. The van der Waals surface area contributed by atoms with Gasteiger partial charge in [-0.25, -0.2) is 0 Å². The van der Waals surface area contributed by atoms with E-state index >= 15 is 0 Å². The summed E-state index contributed by atoms with van der Waals surface area (Å²) < 4.78 is 0. The van der Waals surface area contributed by atoms with E-state index in [1.54, 1.807) is 0 Å². The van der Waals surface area contributed by atoms with Gasteiger partial charge in [-0.2, -0.15) is 0 Å². The minimum Gasteiger partial charge on any atom is -0.481 e. The van der Waals surface area contributed by atoms with E-state index in [-0.39, 0.29) is 33.0 Å². The average Bonchev–Trinajstić information content (AvgIpc) is 1.25. The first-order valence-electron chi connectivity index (χ1n) is 1.86. The van der Waals surface area contributed by atoms with Gasteiger partial charge in [-0.3, -0.25) is 9.59 Å². The van der Waals surface area contributed by atoms with Crippen LogP contribution in [0.1, 0.15) is 13.8 Å². The summed E-state index contributed by atoms with van der Waals surface area (Å²) >= 11 is 0. The second-order valence-electron chi connectivity index (χ2n) is 1.04. The Morgan fingerprint density at radius 2 is 0.900 bits per heavy atom. The molecule has 0 aromatic carbocycles. The second-order valence-corrected chi connectivity index (χ2v) is 1.04. The van der Waals surface area contributed by atoms with E-state index in [1.807, 2.05) is 0 Å². The van der Waals surface area contributed by atoms with E-state index in [2.05, 4.69) is 0 Å². The van der Waals surface area contributed by atoms with E-state index < -0.39 is 11.9 Å². The number of hydrogen-bond acceptors (Lipinski definition) is 2. The predicted molar refractivity (Wildman–Crippen MR) is 26.6 cm³/mol. The molecule has 0 atom stereocenters. The molecule has 0 fully saturated rings. The Hall–Kier alpha value is -0.0730. The standard InChI is InChI=1S/2C2H4O2.2Ni/c2*1-2(3)4;;/h2*1H3,(H,3,4);;. The Kier molecular flexibility index (Phi) is 36.0. The number of carbonyl (C=O) groups is 2. The Morgan fingerprint density at radius 3 is 0.900 bits per heavy atom. The van der Waals surface area contributed by atoms with E-state index in [0.717, 1.165) is 13.8 Å². The molecule has 0 aromatic rings. The fraction of sp³-hybridized carbons (Fsp3) is 0.500. The van der Waals surface area contributed by atoms with Gasteiger partial charge in [0.15, 0.2) is 0 Å². The van der Waals surface area contributed by atoms with Gasteiger partial charge < -0.3 is 10.2 Å². The molecule has 0 aliphatic heterocycles. The summed E-state index contributed by atoms with van der Waals surface area (Å²) in [5, 5.41) is 14.8. The van der Waals surface area contributed by atoms with Crippen LogP contribution in [0.3, 0.4) is 0 Å².